The number of nitrogens with one attached hydrogen (secondary N) is 1. The summed E-state index contributed by atoms with van der Waals surface area (Å²) in [6.07, 6.45) is 2.39. The second-order valence-corrected chi connectivity index (χ2v) is 7.59. The molecule has 0 aromatic carbocycles. The highest BCUT2D eigenvalue weighted by atomic mass is 16.2. The van der Waals surface area contributed by atoms with Gasteiger partial charge >= 0.3 is 0 Å². The predicted octanol–water partition coefficient (Wildman–Crippen LogP) is 2.93. The SMILES string of the molecule is CC(C)(C)C(=O)NC1CCC(C(C)(C)C)CC1=O. The van der Waals surface area contributed by atoms with Crippen molar-refractivity contribution in [3.63, 3.8) is 0 Å². The minimum absolute atomic E-state index is 0.0324. The maximum absolute atomic E-state index is 12.1. The number of hydrogen-bond donors (Lipinski definition) is 1. The maximum Gasteiger partial charge on any atom is 0.225 e. The van der Waals surface area contributed by atoms with Crippen molar-refractivity contribution in [3.05, 3.63) is 0 Å². The molecular formula is C15H27NO2. The molecule has 0 bridgehead atoms. The summed E-state index contributed by atoms with van der Waals surface area (Å²) in [6.45, 7) is 12.1. The van der Waals surface area contributed by atoms with Crippen molar-refractivity contribution in [3.8, 4) is 0 Å². The van der Waals surface area contributed by atoms with E-state index in [2.05, 4.69) is 26.1 Å². The minimum Gasteiger partial charge on any atom is -0.346 e. The zero-order chi connectivity index (χ0) is 14.1. The second kappa shape index (κ2) is 5.02. The molecule has 1 rings (SSSR count). The van der Waals surface area contributed by atoms with Crippen molar-refractivity contribution >= 4 is 11.7 Å². The van der Waals surface area contributed by atoms with Gasteiger partial charge < -0.3 is 5.32 Å². The Hall–Kier alpha value is -0.860. The van der Waals surface area contributed by atoms with E-state index in [0.717, 1.165) is 12.8 Å². The first-order chi connectivity index (χ1) is 8.01. The zero-order valence-corrected chi connectivity index (χ0v) is 12.6. The summed E-state index contributed by atoms with van der Waals surface area (Å²) in [5, 5.41) is 2.89. The van der Waals surface area contributed by atoms with Gasteiger partial charge in [0.15, 0.2) is 5.78 Å². The van der Waals surface area contributed by atoms with Crippen LogP contribution in [-0.2, 0) is 9.59 Å². The smallest absolute Gasteiger partial charge is 0.225 e. The van der Waals surface area contributed by atoms with Gasteiger partial charge in [-0.2, -0.15) is 0 Å². The van der Waals surface area contributed by atoms with Gasteiger partial charge in [0.25, 0.3) is 0 Å². The summed E-state index contributed by atoms with van der Waals surface area (Å²) in [5.74, 6) is 0.599. The molecule has 18 heavy (non-hydrogen) atoms. The highest BCUT2D eigenvalue weighted by Crippen LogP contribution is 2.36. The van der Waals surface area contributed by atoms with Gasteiger partial charge in [-0.1, -0.05) is 41.5 Å². The van der Waals surface area contributed by atoms with Gasteiger partial charge in [0.1, 0.15) is 0 Å². The quantitative estimate of drug-likeness (QED) is 0.781. The number of carbonyl (C=O) groups excluding carboxylic acids is 2. The molecule has 1 aliphatic rings. The lowest BCUT2D eigenvalue weighted by atomic mass is 9.71. The first kappa shape index (κ1) is 15.2. The molecule has 1 N–H and O–H groups in total. The van der Waals surface area contributed by atoms with Crippen LogP contribution in [0.4, 0.5) is 0 Å². The van der Waals surface area contributed by atoms with Crippen LogP contribution >= 0.6 is 0 Å². The zero-order valence-electron chi connectivity index (χ0n) is 12.6. The first-order valence-corrected chi connectivity index (χ1v) is 6.85. The van der Waals surface area contributed by atoms with Crippen molar-refractivity contribution in [2.45, 2.75) is 66.8 Å². The molecule has 2 unspecified atom stereocenters. The Labute approximate surface area is 111 Å². The standard InChI is InChI=1S/C15H27NO2/c1-14(2,3)10-7-8-11(12(17)9-10)16-13(18)15(4,5)6/h10-11H,7-9H2,1-6H3,(H,16,18). The molecule has 1 amide bonds. The number of hydrogen-bond acceptors (Lipinski definition) is 2. The summed E-state index contributed by atoms with van der Waals surface area (Å²) in [6, 6.07) is -0.268. The molecule has 0 spiro atoms. The molecule has 104 valence electrons. The fraction of sp³-hybridized carbons (Fsp3) is 0.867. The van der Waals surface area contributed by atoms with Crippen LogP contribution in [0.3, 0.4) is 0 Å². The van der Waals surface area contributed by atoms with Crippen molar-refractivity contribution in [1.29, 1.82) is 0 Å². The third kappa shape index (κ3) is 3.82. The molecule has 0 aromatic heterocycles. The Kier molecular flexibility index (Phi) is 4.24. The van der Waals surface area contributed by atoms with Crippen molar-refractivity contribution in [1.82, 2.24) is 5.32 Å². The molecule has 1 aliphatic carbocycles. The lowest BCUT2D eigenvalue weighted by molar-refractivity contribution is -0.134. The summed E-state index contributed by atoms with van der Waals surface area (Å²) in [7, 11) is 0. The number of Topliss-reactive ketones (excluding diaryl/α,β-unsaturated/α-hetero) is 1. The van der Waals surface area contributed by atoms with Crippen LogP contribution in [0, 0.1) is 16.7 Å². The Bertz CT molecular complexity index is 333. The highest BCUT2D eigenvalue weighted by Gasteiger charge is 2.36. The highest BCUT2D eigenvalue weighted by molar-refractivity contribution is 5.91. The van der Waals surface area contributed by atoms with Crippen molar-refractivity contribution in [2.75, 3.05) is 0 Å². The van der Waals surface area contributed by atoms with E-state index in [0.29, 0.717) is 12.3 Å². The molecule has 0 saturated heterocycles. The summed E-state index contributed by atoms with van der Waals surface area (Å²) in [5.41, 5.74) is -0.254. The van der Waals surface area contributed by atoms with Gasteiger partial charge in [-0.15, -0.1) is 0 Å². The average molecular weight is 253 g/mol. The summed E-state index contributed by atoms with van der Waals surface area (Å²) < 4.78 is 0. The fourth-order valence-corrected chi connectivity index (χ4v) is 2.28. The molecule has 3 nitrogen and oxygen atoms in total. The van der Waals surface area contributed by atoms with Crippen LogP contribution in [-0.4, -0.2) is 17.7 Å². The molecule has 1 saturated carbocycles. The third-order valence-electron chi connectivity index (χ3n) is 3.85. The van der Waals surface area contributed by atoms with E-state index in [1.165, 1.54) is 0 Å². The molecule has 1 fully saturated rings. The number of amides is 1. The third-order valence-corrected chi connectivity index (χ3v) is 3.85. The van der Waals surface area contributed by atoms with Crippen LogP contribution in [0.2, 0.25) is 0 Å². The molecular weight excluding hydrogens is 226 g/mol. The summed E-state index contributed by atoms with van der Waals surface area (Å²) in [4.78, 5) is 24.0. The van der Waals surface area contributed by atoms with E-state index in [4.69, 9.17) is 0 Å². The monoisotopic (exact) mass is 253 g/mol. The number of rotatable bonds is 1. The summed E-state index contributed by atoms with van der Waals surface area (Å²) >= 11 is 0. The van der Waals surface area contributed by atoms with E-state index in [1.54, 1.807) is 0 Å². The topological polar surface area (TPSA) is 46.2 Å². The molecule has 0 aromatic rings. The van der Waals surface area contributed by atoms with Crippen molar-refractivity contribution < 1.29 is 9.59 Å². The van der Waals surface area contributed by atoms with Gasteiger partial charge in [-0.25, -0.2) is 0 Å². The van der Waals surface area contributed by atoms with E-state index in [1.807, 2.05) is 20.8 Å². The Morgan fingerprint density at radius 3 is 2.06 bits per heavy atom. The van der Waals surface area contributed by atoms with E-state index in [-0.39, 0.29) is 23.1 Å². The lowest BCUT2D eigenvalue weighted by Crippen LogP contribution is -2.49. The van der Waals surface area contributed by atoms with Crippen molar-refractivity contribution in [2.24, 2.45) is 16.7 Å². The van der Waals surface area contributed by atoms with E-state index >= 15 is 0 Å². The van der Waals surface area contributed by atoms with Gasteiger partial charge in [0.2, 0.25) is 5.91 Å². The molecule has 3 heteroatoms. The van der Waals surface area contributed by atoms with Gasteiger partial charge in [0.05, 0.1) is 6.04 Å². The molecule has 0 heterocycles. The number of carbonyl (C=O) groups is 2. The number of ketones is 1. The predicted molar refractivity (Wildman–Crippen MR) is 73.2 cm³/mol. The van der Waals surface area contributed by atoms with Crippen LogP contribution in [0.25, 0.3) is 0 Å². The van der Waals surface area contributed by atoms with Gasteiger partial charge in [-0.3, -0.25) is 9.59 Å². The van der Waals surface area contributed by atoms with Gasteiger partial charge in [-0.05, 0) is 24.2 Å². The van der Waals surface area contributed by atoms with E-state index < -0.39 is 5.41 Å². The van der Waals surface area contributed by atoms with Crippen LogP contribution in [0.1, 0.15) is 60.8 Å². The van der Waals surface area contributed by atoms with Gasteiger partial charge in [0, 0.05) is 11.8 Å². The Balaban J connectivity index is 2.59. The Morgan fingerprint density at radius 2 is 1.67 bits per heavy atom. The average Bonchev–Trinajstić information content (AvgIpc) is 2.17. The lowest BCUT2D eigenvalue weighted by Gasteiger charge is -2.36. The largest absolute Gasteiger partial charge is 0.346 e. The minimum atomic E-state index is -0.429. The molecule has 0 radical (unpaired) electrons. The van der Waals surface area contributed by atoms with Crippen LogP contribution < -0.4 is 5.32 Å². The fourth-order valence-electron chi connectivity index (χ4n) is 2.28. The second-order valence-electron chi connectivity index (χ2n) is 7.59. The first-order valence-electron chi connectivity index (χ1n) is 6.85. The van der Waals surface area contributed by atoms with Crippen LogP contribution in [0.5, 0.6) is 0 Å². The molecule has 0 aliphatic heterocycles. The maximum atomic E-state index is 12.1. The van der Waals surface area contributed by atoms with E-state index in [9.17, 15) is 9.59 Å². The van der Waals surface area contributed by atoms with Crippen LogP contribution in [0.15, 0.2) is 0 Å². The molecule has 2 atom stereocenters. The normalized spacial score (nSPS) is 26.0. The Morgan fingerprint density at radius 1 is 1.11 bits per heavy atom.